The summed E-state index contributed by atoms with van der Waals surface area (Å²) < 4.78 is 0. The first kappa shape index (κ1) is 11.5. The molecule has 1 amide bonds. The van der Waals surface area contributed by atoms with E-state index in [2.05, 4.69) is 5.32 Å². The van der Waals surface area contributed by atoms with Crippen molar-refractivity contribution >= 4 is 5.91 Å². The predicted octanol–water partition coefficient (Wildman–Crippen LogP) is 2.13. The third-order valence-electron chi connectivity index (χ3n) is 4.91. The van der Waals surface area contributed by atoms with Crippen molar-refractivity contribution in [1.82, 2.24) is 10.4 Å². The number of carbonyl (C=O) groups is 1. The molecule has 1 heterocycles. The van der Waals surface area contributed by atoms with Crippen LogP contribution in [0.4, 0.5) is 0 Å². The van der Waals surface area contributed by atoms with Crippen LogP contribution in [-0.4, -0.2) is 22.2 Å². The van der Waals surface area contributed by atoms with E-state index in [9.17, 15) is 10.0 Å². The molecule has 3 rings (SSSR count). The van der Waals surface area contributed by atoms with Crippen molar-refractivity contribution in [2.24, 2.45) is 0 Å². The molecular weight excluding hydrogens is 216 g/mol. The average molecular weight is 237 g/mol. The molecule has 0 aromatic carbocycles. The molecule has 4 heteroatoms. The van der Waals surface area contributed by atoms with Crippen molar-refractivity contribution < 1.29 is 10.0 Å². The van der Waals surface area contributed by atoms with Gasteiger partial charge in [0.15, 0.2) is 0 Å². The molecule has 4 nitrogen and oxygen atoms in total. The molecule has 1 aliphatic heterocycles. The van der Waals surface area contributed by atoms with Crippen LogP contribution in [0.15, 0.2) is 0 Å². The molecule has 2 aliphatic carbocycles. The summed E-state index contributed by atoms with van der Waals surface area (Å²) in [6.45, 7) is 0. The third-order valence-corrected chi connectivity index (χ3v) is 4.91. The van der Waals surface area contributed by atoms with E-state index in [1.54, 1.807) is 0 Å². The molecule has 0 bridgehead atoms. The van der Waals surface area contributed by atoms with Gasteiger partial charge in [-0.25, -0.2) is 0 Å². The number of hydrogen-bond acceptors (Lipinski definition) is 2. The molecule has 2 saturated carbocycles. The molecule has 1 N–H and O–H groups in total. The van der Waals surface area contributed by atoms with E-state index in [-0.39, 0.29) is 5.91 Å². The van der Waals surface area contributed by atoms with Crippen molar-refractivity contribution in [2.45, 2.75) is 75.4 Å². The molecule has 0 aromatic rings. The van der Waals surface area contributed by atoms with Crippen molar-refractivity contribution in [2.75, 3.05) is 0 Å². The highest BCUT2D eigenvalue weighted by Crippen LogP contribution is 2.45. The Morgan fingerprint density at radius 3 is 2.00 bits per heavy atom. The number of hydroxylamine groups is 2. The molecule has 3 fully saturated rings. The minimum atomic E-state index is -0.713. The maximum absolute atomic E-state index is 12.7. The lowest BCUT2D eigenvalue weighted by molar-refractivity contribution is -0.273. The summed E-state index contributed by atoms with van der Waals surface area (Å²) >= 11 is 0. The molecule has 0 unspecified atom stereocenters. The number of rotatable bonds is 0. The highest BCUT2D eigenvalue weighted by Gasteiger charge is 2.61. The lowest BCUT2D eigenvalue weighted by atomic mass is 9.80. The molecule has 3 aliphatic rings. The summed E-state index contributed by atoms with van der Waals surface area (Å²) in [5.41, 5.74) is -1.26. The fraction of sp³-hybridized carbons (Fsp3) is 0.923. The van der Waals surface area contributed by atoms with Crippen molar-refractivity contribution in [3.8, 4) is 0 Å². The van der Waals surface area contributed by atoms with Gasteiger partial charge >= 0.3 is 0 Å². The second kappa shape index (κ2) is 3.95. The fourth-order valence-electron chi connectivity index (χ4n) is 3.91. The van der Waals surface area contributed by atoms with Gasteiger partial charge in [-0.1, -0.05) is 25.7 Å². The Kier molecular flexibility index (Phi) is 2.67. The molecule has 1 radical (unpaired) electrons. The molecule has 2 spiro atoms. The summed E-state index contributed by atoms with van der Waals surface area (Å²) in [6, 6.07) is 0. The van der Waals surface area contributed by atoms with Gasteiger partial charge in [-0.3, -0.25) is 4.79 Å². The molecule has 1 saturated heterocycles. The topological polar surface area (TPSA) is 52.2 Å². The van der Waals surface area contributed by atoms with E-state index in [0.717, 1.165) is 57.8 Å². The minimum Gasteiger partial charge on any atom is -0.334 e. The van der Waals surface area contributed by atoms with Crippen molar-refractivity contribution in [3.05, 3.63) is 0 Å². The Hall–Kier alpha value is -0.610. The fourth-order valence-corrected chi connectivity index (χ4v) is 3.91. The second-order valence-corrected chi connectivity index (χ2v) is 5.93. The van der Waals surface area contributed by atoms with Gasteiger partial charge < -0.3 is 5.32 Å². The number of carbonyl (C=O) groups excluding carboxylic acids is 1. The number of nitrogens with zero attached hydrogens (tertiary/aromatic N) is 1. The van der Waals surface area contributed by atoms with Gasteiger partial charge in [-0.15, -0.1) is 10.3 Å². The molecule has 17 heavy (non-hydrogen) atoms. The minimum absolute atomic E-state index is 0.00843. The maximum Gasteiger partial charge on any atom is 0.244 e. The summed E-state index contributed by atoms with van der Waals surface area (Å²) in [5.74, 6) is 0.00843. The molecule has 0 aromatic heterocycles. The molecule has 95 valence electrons. The van der Waals surface area contributed by atoms with Crippen LogP contribution in [-0.2, 0) is 10.0 Å². The van der Waals surface area contributed by atoms with Gasteiger partial charge in [-0.05, 0) is 38.5 Å². The van der Waals surface area contributed by atoms with Gasteiger partial charge in [-0.2, -0.15) is 0 Å². The number of nitrogens with one attached hydrogen (secondary N) is 1. The second-order valence-electron chi connectivity index (χ2n) is 5.93. The highest BCUT2D eigenvalue weighted by molar-refractivity contribution is 5.89. The smallest absolute Gasteiger partial charge is 0.244 e. The van der Waals surface area contributed by atoms with Crippen LogP contribution in [0.1, 0.15) is 64.2 Å². The third kappa shape index (κ3) is 1.54. The van der Waals surface area contributed by atoms with Crippen LogP contribution in [0, 0.1) is 0 Å². The van der Waals surface area contributed by atoms with Crippen LogP contribution in [0.5, 0.6) is 0 Å². The largest absolute Gasteiger partial charge is 0.334 e. The summed E-state index contributed by atoms with van der Waals surface area (Å²) in [4.78, 5) is 12.3. The summed E-state index contributed by atoms with van der Waals surface area (Å²) in [6.07, 6.45) is 9.70. The normalized spacial score (nSPS) is 31.9. The van der Waals surface area contributed by atoms with Gasteiger partial charge in [0.25, 0.3) is 0 Å². The lowest BCUT2D eigenvalue weighted by Gasteiger charge is -2.41. The van der Waals surface area contributed by atoms with Crippen LogP contribution in [0.2, 0.25) is 0 Å². The first-order valence-corrected chi connectivity index (χ1v) is 7.00. The monoisotopic (exact) mass is 237 g/mol. The van der Waals surface area contributed by atoms with E-state index in [1.807, 2.05) is 0 Å². The van der Waals surface area contributed by atoms with Crippen LogP contribution < -0.4 is 5.32 Å². The van der Waals surface area contributed by atoms with Gasteiger partial charge in [0.1, 0.15) is 11.2 Å². The first-order valence-electron chi connectivity index (χ1n) is 7.00. The highest BCUT2D eigenvalue weighted by atomic mass is 16.5. The van der Waals surface area contributed by atoms with Crippen LogP contribution >= 0.6 is 0 Å². The Labute approximate surface area is 102 Å². The zero-order valence-corrected chi connectivity index (χ0v) is 10.3. The Balaban J connectivity index is 1.89. The summed E-state index contributed by atoms with van der Waals surface area (Å²) in [7, 11) is 0. The Bertz CT molecular complexity index is 317. The molecule has 0 atom stereocenters. The van der Waals surface area contributed by atoms with Gasteiger partial charge in [0.05, 0.1) is 0 Å². The van der Waals surface area contributed by atoms with E-state index < -0.39 is 11.2 Å². The van der Waals surface area contributed by atoms with E-state index >= 15 is 0 Å². The van der Waals surface area contributed by atoms with Gasteiger partial charge in [0, 0.05) is 0 Å². The first-order chi connectivity index (χ1) is 8.20. The van der Waals surface area contributed by atoms with Gasteiger partial charge in [0.2, 0.25) is 5.91 Å². The number of hydrogen-bond donors (Lipinski definition) is 1. The van der Waals surface area contributed by atoms with Crippen molar-refractivity contribution in [3.63, 3.8) is 0 Å². The zero-order chi connectivity index (χ0) is 11.9. The average Bonchev–Trinajstić information content (AvgIpc) is 2.55. The quantitative estimate of drug-likeness (QED) is 0.701. The standard InChI is InChI=1S/C13H21N2O2/c16-11-12(7-3-1-4-8-12)15(17)13(14-11)9-5-2-6-10-13/h1-10H2,(H,14,16). The van der Waals surface area contributed by atoms with E-state index in [0.29, 0.717) is 0 Å². The maximum atomic E-state index is 12.7. The van der Waals surface area contributed by atoms with E-state index in [1.165, 1.54) is 11.5 Å². The van der Waals surface area contributed by atoms with E-state index in [4.69, 9.17) is 0 Å². The Morgan fingerprint density at radius 2 is 1.41 bits per heavy atom. The van der Waals surface area contributed by atoms with Crippen LogP contribution in [0.25, 0.3) is 0 Å². The predicted molar refractivity (Wildman–Crippen MR) is 62.3 cm³/mol. The van der Waals surface area contributed by atoms with Crippen molar-refractivity contribution in [1.29, 1.82) is 0 Å². The zero-order valence-electron chi connectivity index (χ0n) is 10.3. The lowest BCUT2D eigenvalue weighted by Crippen LogP contribution is -2.55. The van der Waals surface area contributed by atoms with Crippen LogP contribution in [0.3, 0.4) is 0 Å². The SMILES string of the molecule is [O]N1C2(CCCCC2)NC(=O)C12CCCCC2. The molecular formula is C13H21N2O2. The Morgan fingerprint density at radius 1 is 0.882 bits per heavy atom. The summed E-state index contributed by atoms with van der Waals surface area (Å²) in [5, 5.41) is 16.9. The number of amides is 1.